The van der Waals surface area contributed by atoms with Crippen molar-refractivity contribution in [1.82, 2.24) is 5.32 Å². The number of hydrogen-bond acceptors (Lipinski definition) is 3. The van der Waals surface area contributed by atoms with E-state index in [0.29, 0.717) is 47.8 Å². The first kappa shape index (κ1) is 23.9. The van der Waals surface area contributed by atoms with Gasteiger partial charge >= 0.3 is 5.97 Å². The molecule has 1 saturated heterocycles. The van der Waals surface area contributed by atoms with E-state index in [1.165, 1.54) is 25.7 Å². The van der Waals surface area contributed by atoms with Crippen LogP contribution in [0.15, 0.2) is 30.3 Å². The van der Waals surface area contributed by atoms with Crippen molar-refractivity contribution in [3.05, 3.63) is 30.3 Å². The molecule has 4 heteroatoms. The van der Waals surface area contributed by atoms with Crippen molar-refractivity contribution >= 4 is 11.9 Å². The number of rotatable bonds is 5. The molecule has 5 rings (SSSR count). The zero-order chi connectivity index (χ0) is 24.1. The molecule has 1 aromatic rings. The van der Waals surface area contributed by atoms with Crippen molar-refractivity contribution in [2.75, 3.05) is 0 Å². The van der Waals surface area contributed by atoms with Gasteiger partial charge in [-0.15, -0.1) is 0 Å². The fraction of sp³-hybridized carbons (Fsp3) is 0.733. The van der Waals surface area contributed by atoms with Crippen LogP contribution >= 0.6 is 0 Å². The van der Waals surface area contributed by atoms with Crippen LogP contribution in [-0.4, -0.2) is 17.9 Å². The fourth-order valence-electron chi connectivity index (χ4n) is 9.24. The van der Waals surface area contributed by atoms with Crippen molar-refractivity contribution in [1.29, 1.82) is 0 Å². The first-order valence-electron chi connectivity index (χ1n) is 13.8. The van der Waals surface area contributed by atoms with Crippen molar-refractivity contribution < 1.29 is 14.3 Å². The molecule has 1 amide bonds. The highest BCUT2D eigenvalue weighted by Gasteiger charge is 2.62. The lowest BCUT2D eigenvalue weighted by Gasteiger charge is -2.62. The quantitative estimate of drug-likeness (QED) is 0.405. The summed E-state index contributed by atoms with van der Waals surface area (Å²) in [6, 6.07) is 9.78. The van der Waals surface area contributed by atoms with Crippen molar-refractivity contribution in [2.24, 2.45) is 46.3 Å². The zero-order valence-electron chi connectivity index (χ0n) is 21.5. The molecule has 34 heavy (non-hydrogen) atoms. The van der Waals surface area contributed by atoms with Crippen LogP contribution < -0.4 is 10.1 Å². The maximum Gasteiger partial charge on any atom is 0.311 e. The highest BCUT2D eigenvalue weighted by atomic mass is 16.5. The zero-order valence-corrected chi connectivity index (χ0v) is 21.5. The van der Waals surface area contributed by atoms with Crippen LogP contribution in [0.5, 0.6) is 5.75 Å². The van der Waals surface area contributed by atoms with Gasteiger partial charge in [0, 0.05) is 18.9 Å². The van der Waals surface area contributed by atoms with Crippen molar-refractivity contribution in [3.8, 4) is 5.75 Å². The summed E-state index contributed by atoms with van der Waals surface area (Å²) in [6.45, 7) is 9.89. The number of fused-ring (bicyclic) bond motifs is 5. The summed E-state index contributed by atoms with van der Waals surface area (Å²) in [7, 11) is 0. The van der Waals surface area contributed by atoms with Gasteiger partial charge in [0.15, 0.2) is 0 Å². The minimum atomic E-state index is -0.110. The third-order valence-electron chi connectivity index (χ3n) is 11.0. The number of amides is 1. The van der Waals surface area contributed by atoms with Crippen LogP contribution in [0.3, 0.4) is 0 Å². The van der Waals surface area contributed by atoms with Gasteiger partial charge in [0.2, 0.25) is 5.91 Å². The Morgan fingerprint density at radius 3 is 2.59 bits per heavy atom. The molecule has 1 N–H and O–H groups in total. The van der Waals surface area contributed by atoms with Crippen LogP contribution in [0.4, 0.5) is 0 Å². The van der Waals surface area contributed by atoms with Gasteiger partial charge in [-0.3, -0.25) is 9.59 Å². The SMILES string of the molecule is CC1C[C@H]2NC(=O)CC[C@]2(C)[C@H]2CC[C@]3(C)[C@@H]([C@H](C)CCC(=O)Oc4ccccc4)CC[C@H]3[C@H]12. The van der Waals surface area contributed by atoms with Crippen LogP contribution in [0.2, 0.25) is 0 Å². The standard InChI is InChI=1S/C30H43NO3/c1-19(10-13-27(33)34-21-8-6-5-7-9-21)22-11-12-23-28-20(2)18-25-30(4,17-15-26(32)31-25)24(28)14-16-29(22,23)3/h5-9,19-20,22-25,28H,10-18H2,1-4H3,(H,31,32)/t19-,20?,22-,23+,24+,25-,28+,29-,30-/m1/s1. The maximum absolute atomic E-state index is 12.5. The molecule has 186 valence electrons. The Balaban J connectivity index is 1.25. The topological polar surface area (TPSA) is 55.4 Å². The van der Waals surface area contributed by atoms with E-state index in [1.54, 1.807) is 0 Å². The molecule has 1 aliphatic heterocycles. The largest absolute Gasteiger partial charge is 0.427 e. The number of hydrogen-bond donors (Lipinski definition) is 1. The summed E-state index contributed by atoms with van der Waals surface area (Å²) in [5.41, 5.74) is 0.636. The molecule has 0 aromatic heterocycles. The molecule has 9 atom stereocenters. The van der Waals surface area contributed by atoms with E-state index in [1.807, 2.05) is 30.3 Å². The van der Waals surface area contributed by atoms with Gasteiger partial charge in [0.1, 0.15) is 5.75 Å². The summed E-state index contributed by atoms with van der Waals surface area (Å²) in [5, 5.41) is 3.38. The van der Waals surface area contributed by atoms with Crippen molar-refractivity contribution in [3.63, 3.8) is 0 Å². The Kier molecular flexibility index (Phi) is 6.31. The monoisotopic (exact) mass is 465 g/mol. The van der Waals surface area contributed by atoms with E-state index in [0.717, 1.165) is 37.0 Å². The molecule has 0 bridgehead atoms. The number of carbonyl (C=O) groups excluding carboxylic acids is 2. The summed E-state index contributed by atoms with van der Waals surface area (Å²) in [5.74, 6) is 4.96. The molecule has 1 unspecified atom stereocenters. The van der Waals surface area contributed by atoms with E-state index >= 15 is 0 Å². The van der Waals surface area contributed by atoms with Gasteiger partial charge in [-0.25, -0.2) is 0 Å². The second-order valence-electron chi connectivity index (χ2n) is 12.7. The van der Waals surface area contributed by atoms with Gasteiger partial charge < -0.3 is 10.1 Å². The summed E-state index contributed by atoms with van der Waals surface area (Å²) in [4.78, 5) is 24.6. The molecular formula is C30H43NO3. The van der Waals surface area contributed by atoms with E-state index in [4.69, 9.17) is 4.74 Å². The lowest BCUT2D eigenvalue weighted by molar-refractivity contribution is -0.144. The Hall–Kier alpha value is -1.84. The number of esters is 1. The third-order valence-corrected chi connectivity index (χ3v) is 11.0. The molecule has 0 spiro atoms. The number of piperidine rings is 1. The van der Waals surface area contributed by atoms with Gasteiger partial charge in [0.05, 0.1) is 0 Å². The molecular weight excluding hydrogens is 422 g/mol. The summed E-state index contributed by atoms with van der Waals surface area (Å²) < 4.78 is 5.54. The normalized spacial score (nSPS) is 42.1. The Labute approximate surface area is 205 Å². The number of benzene rings is 1. The molecule has 4 fully saturated rings. The third kappa shape index (κ3) is 3.99. The van der Waals surface area contributed by atoms with Crippen molar-refractivity contribution in [2.45, 2.75) is 91.5 Å². The van der Waals surface area contributed by atoms with Crippen LogP contribution in [0.25, 0.3) is 0 Å². The number of ether oxygens (including phenoxy) is 1. The predicted molar refractivity (Wildman–Crippen MR) is 134 cm³/mol. The van der Waals surface area contributed by atoms with Gasteiger partial charge in [-0.05, 0) is 103 Å². The Morgan fingerprint density at radius 2 is 1.82 bits per heavy atom. The predicted octanol–water partition coefficient (Wildman–Crippen LogP) is 6.39. The molecule has 3 saturated carbocycles. The number of nitrogens with one attached hydrogen (secondary N) is 1. The van der Waals surface area contributed by atoms with E-state index in [2.05, 4.69) is 33.0 Å². The summed E-state index contributed by atoms with van der Waals surface area (Å²) >= 11 is 0. The fourth-order valence-corrected chi connectivity index (χ4v) is 9.24. The average Bonchev–Trinajstić information content (AvgIpc) is 3.16. The molecule has 3 aliphatic carbocycles. The maximum atomic E-state index is 12.5. The highest BCUT2D eigenvalue weighted by molar-refractivity contribution is 5.77. The summed E-state index contributed by atoms with van der Waals surface area (Å²) in [6.07, 6.45) is 9.53. The minimum Gasteiger partial charge on any atom is -0.427 e. The minimum absolute atomic E-state index is 0.110. The first-order chi connectivity index (χ1) is 16.2. The van der Waals surface area contributed by atoms with E-state index in [-0.39, 0.29) is 17.3 Å². The van der Waals surface area contributed by atoms with Crippen LogP contribution in [0, 0.1) is 46.3 Å². The van der Waals surface area contributed by atoms with Crippen LogP contribution in [-0.2, 0) is 9.59 Å². The highest BCUT2D eigenvalue weighted by Crippen LogP contribution is 2.67. The Morgan fingerprint density at radius 1 is 1.09 bits per heavy atom. The molecule has 1 aromatic carbocycles. The molecule has 0 radical (unpaired) electrons. The lowest BCUT2D eigenvalue weighted by atomic mass is 9.44. The second-order valence-corrected chi connectivity index (χ2v) is 12.7. The lowest BCUT2D eigenvalue weighted by Crippen LogP contribution is -2.63. The average molecular weight is 466 g/mol. The Bertz CT molecular complexity index is 915. The van der Waals surface area contributed by atoms with E-state index in [9.17, 15) is 9.59 Å². The smallest absolute Gasteiger partial charge is 0.311 e. The molecule has 4 nitrogen and oxygen atoms in total. The molecule has 4 aliphatic rings. The first-order valence-corrected chi connectivity index (χ1v) is 13.8. The number of carbonyl (C=O) groups is 2. The number of para-hydroxylation sites is 1. The van der Waals surface area contributed by atoms with E-state index < -0.39 is 0 Å². The van der Waals surface area contributed by atoms with Gasteiger partial charge in [-0.2, -0.15) is 0 Å². The molecule has 1 heterocycles. The van der Waals surface area contributed by atoms with Gasteiger partial charge in [-0.1, -0.05) is 45.9 Å². The van der Waals surface area contributed by atoms with Crippen LogP contribution in [0.1, 0.15) is 85.5 Å². The second kappa shape index (κ2) is 8.99. The van der Waals surface area contributed by atoms with Gasteiger partial charge in [0.25, 0.3) is 0 Å².